The van der Waals surface area contributed by atoms with Gasteiger partial charge in [0, 0.05) is 30.9 Å². The first-order valence-electron chi connectivity index (χ1n) is 9.69. The maximum atomic E-state index is 13.0. The summed E-state index contributed by atoms with van der Waals surface area (Å²) in [5.41, 5.74) is 0.850. The summed E-state index contributed by atoms with van der Waals surface area (Å²) in [7, 11) is -3.40. The topological polar surface area (TPSA) is 116 Å². The van der Waals surface area contributed by atoms with E-state index < -0.39 is 22.2 Å². The van der Waals surface area contributed by atoms with E-state index in [1.165, 1.54) is 0 Å². The summed E-state index contributed by atoms with van der Waals surface area (Å²) >= 11 is 3.28. The third kappa shape index (κ3) is 7.94. The molecule has 1 aromatic carbocycles. The first kappa shape index (κ1) is 23.6. The van der Waals surface area contributed by atoms with E-state index in [1.54, 1.807) is 4.90 Å². The zero-order valence-electron chi connectivity index (χ0n) is 16.2. The number of amides is 2. The second kappa shape index (κ2) is 11.5. The van der Waals surface area contributed by atoms with Crippen molar-refractivity contribution in [1.82, 2.24) is 14.9 Å². The highest BCUT2D eigenvalue weighted by Crippen LogP contribution is 2.19. The molecule has 2 amide bonds. The number of sulfonamides is 1. The molecule has 1 aliphatic rings. The van der Waals surface area contributed by atoms with E-state index in [1.807, 2.05) is 30.3 Å². The number of hydrogen-bond acceptors (Lipinski definition) is 4. The molecule has 1 fully saturated rings. The Bertz CT molecular complexity index is 775. The average molecular weight is 490 g/mol. The fourth-order valence-electron chi connectivity index (χ4n) is 3.42. The van der Waals surface area contributed by atoms with Crippen molar-refractivity contribution in [1.29, 1.82) is 0 Å². The van der Waals surface area contributed by atoms with Gasteiger partial charge < -0.3 is 15.3 Å². The molecule has 0 spiro atoms. The van der Waals surface area contributed by atoms with Crippen LogP contribution in [-0.4, -0.2) is 66.7 Å². The van der Waals surface area contributed by atoms with Gasteiger partial charge in [-0.05, 0) is 31.2 Å². The van der Waals surface area contributed by atoms with Crippen LogP contribution in [0.15, 0.2) is 30.3 Å². The van der Waals surface area contributed by atoms with Crippen molar-refractivity contribution in [3.05, 3.63) is 35.9 Å². The number of nitrogens with zero attached hydrogens (tertiary/aromatic N) is 1. The summed E-state index contributed by atoms with van der Waals surface area (Å²) in [6.07, 6.45) is 1.76. The van der Waals surface area contributed by atoms with Gasteiger partial charge in [-0.3, -0.25) is 4.79 Å². The molecule has 1 aromatic rings. The van der Waals surface area contributed by atoms with Crippen LogP contribution in [0.25, 0.3) is 0 Å². The van der Waals surface area contributed by atoms with E-state index in [4.69, 9.17) is 5.11 Å². The highest BCUT2D eigenvalue weighted by Gasteiger charge is 2.34. The smallest absolute Gasteiger partial charge is 0.405 e. The Labute approximate surface area is 180 Å². The SMILES string of the molecule is O=C(O)N[C@@H](Cc1ccccc1)C(=O)N1CCC[C@@H]1CNS(=O)(=O)CCCCBr. The molecule has 0 aromatic heterocycles. The summed E-state index contributed by atoms with van der Waals surface area (Å²) in [4.78, 5) is 25.9. The Kier molecular flexibility index (Phi) is 9.38. The molecule has 0 bridgehead atoms. The number of carboxylic acid groups (broad SMARTS) is 1. The Morgan fingerprint density at radius 3 is 2.62 bits per heavy atom. The van der Waals surface area contributed by atoms with E-state index in [0.29, 0.717) is 19.4 Å². The number of rotatable bonds is 11. The lowest BCUT2D eigenvalue weighted by Crippen LogP contribution is -2.52. The summed E-state index contributed by atoms with van der Waals surface area (Å²) in [5.74, 6) is -0.270. The molecule has 1 saturated heterocycles. The second-order valence-electron chi connectivity index (χ2n) is 7.08. The van der Waals surface area contributed by atoms with E-state index in [0.717, 1.165) is 23.7 Å². The number of nitrogens with one attached hydrogen (secondary N) is 2. The molecule has 29 heavy (non-hydrogen) atoms. The zero-order valence-corrected chi connectivity index (χ0v) is 18.6. The van der Waals surface area contributed by atoms with Crippen molar-refractivity contribution in [2.24, 2.45) is 0 Å². The van der Waals surface area contributed by atoms with Crippen molar-refractivity contribution in [2.75, 3.05) is 24.2 Å². The van der Waals surface area contributed by atoms with Crippen LogP contribution in [0.3, 0.4) is 0 Å². The highest BCUT2D eigenvalue weighted by molar-refractivity contribution is 9.09. The molecule has 3 N–H and O–H groups in total. The van der Waals surface area contributed by atoms with Gasteiger partial charge in [0.25, 0.3) is 0 Å². The lowest BCUT2D eigenvalue weighted by molar-refractivity contribution is -0.134. The van der Waals surface area contributed by atoms with Gasteiger partial charge in [0.05, 0.1) is 5.75 Å². The molecule has 1 aliphatic heterocycles. The molecule has 0 radical (unpaired) electrons. The third-order valence-electron chi connectivity index (χ3n) is 4.87. The average Bonchev–Trinajstić information content (AvgIpc) is 3.15. The third-order valence-corrected chi connectivity index (χ3v) is 6.87. The van der Waals surface area contributed by atoms with Gasteiger partial charge in [0.15, 0.2) is 0 Å². The number of unbranched alkanes of at least 4 members (excludes halogenated alkanes) is 1. The number of carbonyl (C=O) groups excluding carboxylic acids is 1. The van der Waals surface area contributed by atoms with Gasteiger partial charge in [0.1, 0.15) is 6.04 Å². The first-order valence-corrected chi connectivity index (χ1v) is 12.5. The Balaban J connectivity index is 2.00. The normalized spacial score (nSPS) is 17.8. The summed E-state index contributed by atoms with van der Waals surface area (Å²) in [6.45, 7) is 0.634. The van der Waals surface area contributed by atoms with E-state index in [9.17, 15) is 18.0 Å². The largest absolute Gasteiger partial charge is 0.465 e. The molecule has 8 nitrogen and oxygen atoms in total. The molecule has 1 heterocycles. The number of likely N-dealkylation sites (tertiary alicyclic amines) is 1. The Hall–Kier alpha value is -1.65. The van der Waals surface area contributed by atoms with Gasteiger partial charge in [-0.2, -0.15) is 0 Å². The van der Waals surface area contributed by atoms with Gasteiger partial charge in [-0.1, -0.05) is 46.3 Å². The molecule has 162 valence electrons. The monoisotopic (exact) mass is 489 g/mol. The van der Waals surface area contributed by atoms with Crippen LogP contribution < -0.4 is 10.0 Å². The molecule has 0 saturated carbocycles. The number of halogens is 1. The predicted octanol–water partition coefficient (Wildman–Crippen LogP) is 1.95. The fraction of sp³-hybridized carbons (Fsp3) is 0.579. The quantitative estimate of drug-likeness (QED) is 0.324. The Morgan fingerprint density at radius 2 is 1.97 bits per heavy atom. The number of hydrogen-bond donors (Lipinski definition) is 3. The maximum absolute atomic E-state index is 13.0. The molecule has 2 atom stereocenters. The molecule has 0 unspecified atom stereocenters. The van der Waals surface area contributed by atoms with Crippen LogP contribution in [0.2, 0.25) is 0 Å². The van der Waals surface area contributed by atoms with Gasteiger partial charge >= 0.3 is 6.09 Å². The predicted molar refractivity (Wildman–Crippen MR) is 115 cm³/mol. The summed E-state index contributed by atoms with van der Waals surface area (Å²) in [5, 5.41) is 12.2. The second-order valence-corrected chi connectivity index (χ2v) is 9.80. The lowest BCUT2D eigenvalue weighted by Gasteiger charge is -2.29. The van der Waals surface area contributed by atoms with Crippen LogP contribution in [0.5, 0.6) is 0 Å². The minimum Gasteiger partial charge on any atom is -0.465 e. The summed E-state index contributed by atoms with van der Waals surface area (Å²) < 4.78 is 26.9. The van der Waals surface area contributed by atoms with Crippen molar-refractivity contribution >= 4 is 38.0 Å². The standard InChI is InChI=1S/C19H28BrN3O5S/c20-10-4-5-12-29(27,28)21-14-16-9-6-11-23(16)18(24)17(22-19(25)26)13-15-7-2-1-3-8-15/h1-3,7-8,16-17,21-22H,4-6,9-14H2,(H,25,26)/t16-,17+/m1/s1. The lowest BCUT2D eigenvalue weighted by atomic mass is 10.0. The zero-order chi connectivity index (χ0) is 21.3. The fourth-order valence-corrected chi connectivity index (χ4v) is 4.99. The van der Waals surface area contributed by atoms with Crippen molar-refractivity contribution < 1.29 is 23.1 Å². The maximum Gasteiger partial charge on any atom is 0.405 e. The van der Waals surface area contributed by atoms with E-state index in [-0.39, 0.29) is 30.7 Å². The first-order chi connectivity index (χ1) is 13.8. The van der Waals surface area contributed by atoms with E-state index in [2.05, 4.69) is 26.0 Å². The minimum atomic E-state index is -3.40. The van der Waals surface area contributed by atoms with Crippen LogP contribution in [0, 0.1) is 0 Å². The summed E-state index contributed by atoms with van der Waals surface area (Å²) in [6, 6.07) is 8.01. The van der Waals surface area contributed by atoms with Gasteiger partial charge in [-0.15, -0.1) is 0 Å². The number of benzene rings is 1. The van der Waals surface area contributed by atoms with Crippen LogP contribution in [0.4, 0.5) is 4.79 Å². The highest BCUT2D eigenvalue weighted by atomic mass is 79.9. The van der Waals surface area contributed by atoms with Crippen molar-refractivity contribution in [3.63, 3.8) is 0 Å². The van der Waals surface area contributed by atoms with Crippen molar-refractivity contribution in [2.45, 2.75) is 44.2 Å². The van der Waals surface area contributed by atoms with Crippen molar-refractivity contribution in [3.8, 4) is 0 Å². The van der Waals surface area contributed by atoms with Crippen LogP contribution in [-0.2, 0) is 21.2 Å². The number of alkyl halides is 1. The van der Waals surface area contributed by atoms with Gasteiger partial charge in [0.2, 0.25) is 15.9 Å². The minimum absolute atomic E-state index is 0.0521. The molecular weight excluding hydrogens is 462 g/mol. The molecule has 10 heteroatoms. The van der Waals surface area contributed by atoms with Crippen LogP contribution in [0.1, 0.15) is 31.2 Å². The number of carbonyl (C=O) groups is 2. The van der Waals surface area contributed by atoms with Gasteiger partial charge in [-0.25, -0.2) is 17.9 Å². The molecule has 2 rings (SSSR count). The molecular formula is C19H28BrN3O5S. The van der Waals surface area contributed by atoms with E-state index >= 15 is 0 Å². The Morgan fingerprint density at radius 1 is 1.24 bits per heavy atom. The molecule has 0 aliphatic carbocycles. The van der Waals surface area contributed by atoms with Crippen LogP contribution >= 0.6 is 15.9 Å².